The van der Waals surface area contributed by atoms with Crippen LogP contribution in [0.2, 0.25) is 0 Å². The summed E-state index contributed by atoms with van der Waals surface area (Å²) in [6, 6.07) is -0.238. The van der Waals surface area contributed by atoms with Crippen molar-refractivity contribution in [2.24, 2.45) is 5.92 Å². The highest BCUT2D eigenvalue weighted by Gasteiger charge is 2.25. The highest BCUT2D eigenvalue weighted by Crippen LogP contribution is 2.33. The Hall–Kier alpha value is -1.59. The third kappa shape index (κ3) is 2.11. The first kappa shape index (κ1) is 11.9. The Morgan fingerprint density at radius 1 is 1.41 bits per heavy atom. The Morgan fingerprint density at radius 3 is 2.76 bits per heavy atom. The maximum atomic E-state index is 13.3. The van der Waals surface area contributed by atoms with Crippen molar-refractivity contribution in [3.8, 4) is 5.88 Å². The molecule has 2 rings (SSSR count). The van der Waals surface area contributed by atoms with Crippen LogP contribution < -0.4 is 11.2 Å². The van der Waals surface area contributed by atoms with Gasteiger partial charge in [0.15, 0.2) is 0 Å². The lowest BCUT2D eigenvalue weighted by molar-refractivity contribution is 0.244. The molecule has 1 aliphatic carbocycles. The second kappa shape index (κ2) is 4.35. The summed E-state index contributed by atoms with van der Waals surface area (Å²) in [4.78, 5) is 24.4. The monoisotopic (exact) mass is 242 g/mol. The molecule has 0 amide bonds. The Bertz CT molecular complexity index is 534. The average molecular weight is 242 g/mol. The molecule has 0 radical (unpaired) electrons. The van der Waals surface area contributed by atoms with Gasteiger partial charge in [-0.25, -0.2) is 4.79 Å². The molecule has 1 saturated carbocycles. The number of nitrogens with zero attached hydrogens (tertiary/aromatic N) is 1. The maximum absolute atomic E-state index is 13.3. The van der Waals surface area contributed by atoms with E-state index in [4.69, 9.17) is 0 Å². The summed E-state index contributed by atoms with van der Waals surface area (Å²) in [5, 5.41) is 9.57. The van der Waals surface area contributed by atoms with E-state index in [1.54, 1.807) is 0 Å². The van der Waals surface area contributed by atoms with E-state index >= 15 is 0 Å². The van der Waals surface area contributed by atoms with Gasteiger partial charge in [0.2, 0.25) is 11.7 Å². The molecule has 0 aromatic carbocycles. The fourth-order valence-electron chi connectivity index (χ4n) is 2.49. The van der Waals surface area contributed by atoms with Crippen LogP contribution in [0.25, 0.3) is 0 Å². The number of hydrogen-bond donors (Lipinski definition) is 2. The molecule has 2 N–H and O–H groups in total. The molecular formula is C11H15FN2O3. The van der Waals surface area contributed by atoms with Crippen LogP contribution >= 0.6 is 0 Å². The lowest BCUT2D eigenvalue weighted by Gasteiger charge is -2.28. The highest BCUT2D eigenvalue weighted by atomic mass is 19.1. The van der Waals surface area contributed by atoms with Crippen molar-refractivity contribution in [3.05, 3.63) is 26.7 Å². The van der Waals surface area contributed by atoms with Gasteiger partial charge in [0, 0.05) is 6.04 Å². The van der Waals surface area contributed by atoms with Gasteiger partial charge in [-0.2, -0.15) is 4.39 Å². The van der Waals surface area contributed by atoms with Crippen LogP contribution in [0.15, 0.2) is 9.59 Å². The molecule has 0 saturated heterocycles. The molecule has 0 aliphatic heterocycles. The van der Waals surface area contributed by atoms with Gasteiger partial charge in [0.05, 0.1) is 0 Å². The molecular weight excluding hydrogens is 227 g/mol. The number of aromatic hydroxyl groups is 1. The van der Waals surface area contributed by atoms with E-state index < -0.39 is 22.9 Å². The second-order valence-corrected chi connectivity index (χ2v) is 4.69. The van der Waals surface area contributed by atoms with Gasteiger partial charge in [0.1, 0.15) is 0 Å². The fourth-order valence-corrected chi connectivity index (χ4v) is 2.49. The summed E-state index contributed by atoms with van der Waals surface area (Å²) in [6.07, 6.45) is 3.42. The van der Waals surface area contributed by atoms with Crippen molar-refractivity contribution in [2.45, 2.75) is 38.6 Å². The van der Waals surface area contributed by atoms with Crippen molar-refractivity contribution in [1.82, 2.24) is 9.55 Å². The topological polar surface area (TPSA) is 75.1 Å². The number of H-pyrrole nitrogens is 1. The zero-order valence-corrected chi connectivity index (χ0v) is 9.57. The summed E-state index contributed by atoms with van der Waals surface area (Å²) in [6.45, 7) is 2.05. The Labute approximate surface area is 96.9 Å². The molecule has 1 aromatic heterocycles. The summed E-state index contributed by atoms with van der Waals surface area (Å²) in [7, 11) is 0. The van der Waals surface area contributed by atoms with Crippen molar-refractivity contribution >= 4 is 0 Å². The standard InChI is InChI=1S/C11H15FN2O3/c1-6-3-2-4-7(5-6)14-10(16)8(12)9(15)13-11(14)17/h6-7,16H,2-5H2,1H3,(H,13,15,17). The van der Waals surface area contributed by atoms with E-state index in [0.29, 0.717) is 18.8 Å². The zero-order valence-electron chi connectivity index (χ0n) is 9.57. The minimum absolute atomic E-state index is 0.238. The molecule has 1 fully saturated rings. The summed E-state index contributed by atoms with van der Waals surface area (Å²) < 4.78 is 14.2. The number of aromatic nitrogens is 2. The molecule has 6 heteroatoms. The van der Waals surface area contributed by atoms with Gasteiger partial charge in [-0.15, -0.1) is 0 Å². The Morgan fingerprint density at radius 2 is 2.12 bits per heavy atom. The molecule has 1 heterocycles. The quantitative estimate of drug-likeness (QED) is 0.775. The smallest absolute Gasteiger partial charge is 0.331 e. The second-order valence-electron chi connectivity index (χ2n) is 4.69. The van der Waals surface area contributed by atoms with Crippen LogP contribution in [0.3, 0.4) is 0 Å². The van der Waals surface area contributed by atoms with Crippen molar-refractivity contribution in [2.75, 3.05) is 0 Å². The van der Waals surface area contributed by atoms with E-state index in [1.165, 1.54) is 0 Å². The molecule has 2 unspecified atom stereocenters. The number of nitrogens with one attached hydrogen (secondary N) is 1. The number of hydrogen-bond acceptors (Lipinski definition) is 3. The molecule has 0 spiro atoms. The zero-order chi connectivity index (χ0) is 12.6. The molecule has 17 heavy (non-hydrogen) atoms. The van der Waals surface area contributed by atoms with Gasteiger partial charge in [-0.1, -0.05) is 19.8 Å². The summed E-state index contributed by atoms with van der Waals surface area (Å²) in [5.74, 6) is -1.71. The first-order valence-electron chi connectivity index (χ1n) is 5.74. The lowest BCUT2D eigenvalue weighted by atomic mass is 9.87. The minimum Gasteiger partial charge on any atom is -0.492 e. The number of halogens is 1. The Balaban J connectivity index is 2.48. The van der Waals surface area contributed by atoms with Crippen LogP contribution in [0, 0.1) is 11.7 Å². The van der Waals surface area contributed by atoms with Gasteiger partial charge >= 0.3 is 5.69 Å². The van der Waals surface area contributed by atoms with E-state index in [9.17, 15) is 19.1 Å². The Kier molecular flexibility index (Phi) is 3.04. The van der Waals surface area contributed by atoms with E-state index in [0.717, 1.165) is 17.4 Å². The van der Waals surface area contributed by atoms with E-state index in [1.807, 2.05) is 4.98 Å². The number of aromatic amines is 1. The SMILES string of the molecule is CC1CCCC(n2c(O)c(F)c(=O)[nH]c2=O)C1. The maximum Gasteiger partial charge on any atom is 0.331 e. The molecule has 1 aromatic rings. The molecule has 1 aliphatic rings. The average Bonchev–Trinajstić information content (AvgIpc) is 2.26. The third-order valence-corrected chi connectivity index (χ3v) is 3.34. The van der Waals surface area contributed by atoms with Gasteiger partial charge < -0.3 is 5.11 Å². The summed E-state index contributed by atoms with van der Waals surface area (Å²) >= 11 is 0. The third-order valence-electron chi connectivity index (χ3n) is 3.34. The molecule has 2 atom stereocenters. The van der Waals surface area contributed by atoms with Crippen LogP contribution in [0.4, 0.5) is 4.39 Å². The van der Waals surface area contributed by atoms with Crippen molar-refractivity contribution in [1.29, 1.82) is 0 Å². The van der Waals surface area contributed by atoms with E-state index in [2.05, 4.69) is 6.92 Å². The largest absolute Gasteiger partial charge is 0.492 e. The van der Waals surface area contributed by atoms with Crippen molar-refractivity contribution in [3.63, 3.8) is 0 Å². The minimum atomic E-state index is -1.29. The van der Waals surface area contributed by atoms with Gasteiger partial charge in [0.25, 0.3) is 5.56 Å². The van der Waals surface area contributed by atoms with Crippen LogP contribution in [0.1, 0.15) is 38.6 Å². The predicted octanol–water partition coefficient (Wildman–Crippen LogP) is 1.13. The lowest BCUT2D eigenvalue weighted by Crippen LogP contribution is -2.35. The predicted molar refractivity (Wildman–Crippen MR) is 59.6 cm³/mol. The van der Waals surface area contributed by atoms with Crippen molar-refractivity contribution < 1.29 is 9.50 Å². The molecule has 94 valence electrons. The number of rotatable bonds is 1. The van der Waals surface area contributed by atoms with Crippen LogP contribution in [-0.4, -0.2) is 14.7 Å². The highest BCUT2D eigenvalue weighted by molar-refractivity contribution is 5.11. The normalized spacial score (nSPS) is 24.8. The van der Waals surface area contributed by atoms with Crippen LogP contribution in [0.5, 0.6) is 5.88 Å². The molecule has 0 bridgehead atoms. The van der Waals surface area contributed by atoms with Crippen LogP contribution in [-0.2, 0) is 0 Å². The fraction of sp³-hybridized carbons (Fsp3) is 0.636. The van der Waals surface area contributed by atoms with Gasteiger partial charge in [-0.05, 0) is 18.8 Å². The first-order chi connectivity index (χ1) is 8.00. The molecule has 5 nitrogen and oxygen atoms in total. The summed E-state index contributed by atoms with van der Waals surface area (Å²) in [5.41, 5.74) is -1.92. The van der Waals surface area contributed by atoms with Gasteiger partial charge in [-0.3, -0.25) is 14.3 Å². The first-order valence-corrected chi connectivity index (χ1v) is 5.74. The van der Waals surface area contributed by atoms with E-state index in [-0.39, 0.29) is 6.04 Å².